The zero-order valence-electron chi connectivity index (χ0n) is 31.1. The van der Waals surface area contributed by atoms with Crippen LogP contribution in [-0.2, 0) is 26.6 Å². The molecular formula is C36H77NO6Si2. The van der Waals surface area contributed by atoms with Gasteiger partial charge in [0.15, 0.2) is 0 Å². The maximum absolute atomic E-state index is 6.12. The van der Waals surface area contributed by atoms with Gasteiger partial charge in [0.05, 0.1) is 0 Å². The van der Waals surface area contributed by atoms with Gasteiger partial charge in [0, 0.05) is 51.7 Å². The van der Waals surface area contributed by atoms with Crippen LogP contribution >= 0.6 is 0 Å². The van der Waals surface area contributed by atoms with Crippen LogP contribution in [0.25, 0.3) is 0 Å². The first kappa shape index (κ1) is 44.9. The minimum atomic E-state index is -2.62. The quantitative estimate of drug-likeness (QED) is 0.0372. The molecule has 0 spiro atoms. The molecule has 270 valence electrons. The van der Waals surface area contributed by atoms with E-state index in [1.807, 2.05) is 41.5 Å². The summed E-state index contributed by atoms with van der Waals surface area (Å²) in [5.74, 6) is 0. The Hall–Kier alpha value is -0.106. The van der Waals surface area contributed by atoms with Crippen LogP contribution in [-0.4, -0.2) is 81.8 Å². The largest absolute Gasteiger partial charge is 0.500 e. The molecule has 9 heteroatoms. The molecular weight excluding hydrogens is 599 g/mol. The van der Waals surface area contributed by atoms with Crippen LogP contribution in [0.5, 0.6) is 0 Å². The fourth-order valence-corrected chi connectivity index (χ4v) is 11.1. The molecule has 45 heavy (non-hydrogen) atoms. The van der Waals surface area contributed by atoms with Gasteiger partial charge >= 0.3 is 17.6 Å². The average molecular weight is 676 g/mol. The fraction of sp³-hybridized carbons (Fsp3) is 0.944. The van der Waals surface area contributed by atoms with Crippen molar-refractivity contribution in [1.29, 1.82) is 0 Å². The smallest absolute Gasteiger partial charge is 0.374 e. The third-order valence-electron chi connectivity index (χ3n) is 8.09. The van der Waals surface area contributed by atoms with Crippen LogP contribution in [0.2, 0.25) is 12.1 Å². The molecule has 7 nitrogen and oxygen atoms in total. The molecule has 0 rings (SSSR count). The fourth-order valence-electron chi connectivity index (χ4n) is 5.96. The summed E-state index contributed by atoms with van der Waals surface area (Å²) in [6.07, 6.45) is 25.6. The van der Waals surface area contributed by atoms with E-state index in [0.29, 0.717) is 39.6 Å². The van der Waals surface area contributed by atoms with E-state index < -0.39 is 17.6 Å². The Labute approximate surface area is 283 Å². The molecule has 0 fully saturated rings. The molecule has 0 N–H and O–H groups in total. The van der Waals surface area contributed by atoms with Gasteiger partial charge in [-0.05, 0) is 106 Å². The van der Waals surface area contributed by atoms with Crippen molar-refractivity contribution >= 4 is 17.6 Å². The highest BCUT2D eigenvalue weighted by atomic mass is 28.4. The first-order valence-corrected chi connectivity index (χ1v) is 23.1. The molecule has 0 heterocycles. The molecule has 0 aliphatic carbocycles. The number of hydrogen-bond acceptors (Lipinski definition) is 7. The molecule has 0 radical (unpaired) electrons. The Kier molecular flexibility index (Phi) is 32.4. The van der Waals surface area contributed by atoms with Crippen LogP contribution in [0.3, 0.4) is 0 Å². The van der Waals surface area contributed by atoms with Crippen molar-refractivity contribution < 1.29 is 26.6 Å². The van der Waals surface area contributed by atoms with Gasteiger partial charge in [0.25, 0.3) is 0 Å². The van der Waals surface area contributed by atoms with Gasteiger partial charge in [-0.15, -0.1) is 0 Å². The molecule has 0 aromatic rings. The van der Waals surface area contributed by atoms with Gasteiger partial charge in [0.2, 0.25) is 0 Å². The lowest BCUT2D eigenvalue weighted by Crippen LogP contribution is -2.47. The van der Waals surface area contributed by atoms with E-state index in [9.17, 15) is 0 Å². The highest BCUT2D eigenvalue weighted by Crippen LogP contribution is 2.21. The van der Waals surface area contributed by atoms with E-state index >= 15 is 0 Å². The number of unbranched alkanes of at least 4 members (excludes halogenated alkanes) is 12. The predicted molar refractivity (Wildman–Crippen MR) is 196 cm³/mol. The minimum absolute atomic E-state index is 0.629. The van der Waals surface area contributed by atoms with Crippen molar-refractivity contribution in [2.24, 2.45) is 0 Å². The maximum Gasteiger partial charge on any atom is 0.500 e. The Balaban J connectivity index is 4.68. The Morgan fingerprint density at radius 2 is 0.689 bits per heavy atom. The van der Waals surface area contributed by atoms with Gasteiger partial charge in [-0.2, -0.15) is 0 Å². The zero-order chi connectivity index (χ0) is 33.3. The molecule has 0 aliphatic rings. The van der Waals surface area contributed by atoms with Crippen LogP contribution in [0, 0.1) is 0 Å². The van der Waals surface area contributed by atoms with Crippen LogP contribution in [0.1, 0.15) is 151 Å². The van der Waals surface area contributed by atoms with E-state index in [-0.39, 0.29) is 0 Å². The standard InChI is InChI=1S/C36H77NO6Si2/c1-8-15-16-17-18-19-20-21-22-23-24-25-26-27-28-29-32-37(33-30-35-44(38-9-2,39-10-3)40-11-4)34-31-36-45(41-12-5,42-13-6)43-14-7/h21-22H,8-20,23-36H2,1-7H3/b22-21-. The third-order valence-corrected chi connectivity index (χ3v) is 14.4. The number of allylic oxidation sites excluding steroid dienone is 2. The van der Waals surface area contributed by atoms with E-state index in [0.717, 1.165) is 44.6 Å². The Morgan fingerprint density at radius 1 is 0.378 bits per heavy atom. The lowest BCUT2D eigenvalue weighted by molar-refractivity contribution is 0.0692. The van der Waals surface area contributed by atoms with Crippen molar-refractivity contribution in [3.63, 3.8) is 0 Å². The van der Waals surface area contributed by atoms with Gasteiger partial charge in [-0.25, -0.2) is 0 Å². The Bertz CT molecular complexity index is 577. The summed E-state index contributed by atoms with van der Waals surface area (Å²) in [4.78, 5) is 2.63. The van der Waals surface area contributed by atoms with Crippen molar-refractivity contribution in [3.8, 4) is 0 Å². The molecule has 0 saturated carbocycles. The lowest BCUT2D eigenvalue weighted by Gasteiger charge is -2.31. The summed E-state index contributed by atoms with van der Waals surface area (Å²) < 4.78 is 36.7. The highest BCUT2D eigenvalue weighted by molar-refractivity contribution is 6.61. The maximum atomic E-state index is 6.12. The van der Waals surface area contributed by atoms with E-state index in [1.54, 1.807) is 0 Å². The topological polar surface area (TPSA) is 58.6 Å². The van der Waals surface area contributed by atoms with Crippen molar-refractivity contribution in [2.45, 2.75) is 163 Å². The predicted octanol–water partition coefficient (Wildman–Crippen LogP) is 10.2. The van der Waals surface area contributed by atoms with E-state index in [4.69, 9.17) is 26.6 Å². The Morgan fingerprint density at radius 3 is 1.04 bits per heavy atom. The molecule has 0 aromatic heterocycles. The monoisotopic (exact) mass is 676 g/mol. The van der Waals surface area contributed by atoms with Crippen LogP contribution in [0.4, 0.5) is 0 Å². The van der Waals surface area contributed by atoms with Crippen molar-refractivity contribution in [3.05, 3.63) is 12.2 Å². The summed E-state index contributed by atoms with van der Waals surface area (Å²) in [5.41, 5.74) is 0. The average Bonchev–Trinajstić information content (AvgIpc) is 3.01. The summed E-state index contributed by atoms with van der Waals surface area (Å²) in [6, 6.07) is 1.73. The molecule has 0 atom stereocenters. The third kappa shape index (κ3) is 24.7. The number of nitrogens with zero attached hydrogens (tertiary/aromatic N) is 1. The second-order valence-corrected chi connectivity index (χ2v) is 17.4. The van der Waals surface area contributed by atoms with Gasteiger partial charge in [-0.1, -0.05) is 76.9 Å². The first-order valence-electron chi connectivity index (χ1n) is 19.2. The normalized spacial score (nSPS) is 12.7. The van der Waals surface area contributed by atoms with Crippen molar-refractivity contribution in [2.75, 3.05) is 59.3 Å². The van der Waals surface area contributed by atoms with Gasteiger partial charge in [-0.3, -0.25) is 0 Å². The zero-order valence-corrected chi connectivity index (χ0v) is 33.1. The van der Waals surface area contributed by atoms with Gasteiger partial charge in [0.1, 0.15) is 0 Å². The molecule has 0 aliphatic heterocycles. The SMILES string of the molecule is CCCCCCCC/C=C\CCCCCCCCN(CCC[Si](OCC)(OCC)OCC)CCC[Si](OCC)(OCC)OCC. The minimum Gasteiger partial charge on any atom is -0.374 e. The first-order chi connectivity index (χ1) is 22.0. The number of hydrogen-bond donors (Lipinski definition) is 0. The lowest BCUT2D eigenvalue weighted by atomic mass is 10.1. The molecule has 0 amide bonds. The summed E-state index contributed by atoms with van der Waals surface area (Å²) in [5, 5.41) is 0. The van der Waals surface area contributed by atoms with Crippen molar-refractivity contribution in [1.82, 2.24) is 4.90 Å². The molecule has 0 unspecified atom stereocenters. The van der Waals surface area contributed by atoms with Crippen LogP contribution < -0.4 is 0 Å². The molecule has 0 bridgehead atoms. The van der Waals surface area contributed by atoms with E-state index in [1.165, 1.54) is 89.9 Å². The molecule has 0 saturated heterocycles. The summed E-state index contributed by atoms with van der Waals surface area (Å²) in [7, 11) is -5.23. The van der Waals surface area contributed by atoms with Crippen LogP contribution in [0.15, 0.2) is 12.2 Å². The second kappa shape index (κ2) is 32.4. The summed E-state index contributed by atoms with van der Waals surface area (Å²) in [6.45, 7) is 21.4. The molecule has 0 aromatic carbocycles. The number of rotatable bonds is 36. The summed E-state index contributed by atoms with van der Waals surface area (Å²) >= 11 is 0. The highest BCUT2D eigenvalue weighted by Gasteiger charge is 2.41. The van der Waals surface area contributed by atoms with E-state index in [2.05, 4.69) is 24.0 Å². The van der Waals surface area contributed by atoms with Gasteiger partial charge < -0.3 is 31.5 Å². The second-order valence-electron chi connectivity index (χ2n) is 12.0.